The molecule has 1 atom stereocenters. The number of anilines is 2. The molecule has 1 N–H and O–H groups in total. The highest BCUT2D eigenvalue weighted by molar-refractivity contribution is 7.92. The number of hydrogen-bond acceptors (Lipinski definition) is 7. The van der Waals surface area contributed by atoms with E-state index in [1.807, 2.05) is 4.90 Å². The summed E-state index contributed by atoms with van der Waals surface area (Å²) in [5.74, 6) is 0.348. The molecule has 12 heteroatoms. The zero-order valence-electron chi connectivity index (χ0n) is 21.2. The Labute approximate surface area is 222 Å². The minimum absolute atomic E-state index is 0.00345. The number of carbonyl (C=O) groups excluding carboxylic acids is 2. The molecular formula is C25H31ClN4O6S. The van der Waals surface area contributed by atoms with E-state index in [4.69, 9.17) is 21.1 Å². The number of likely N-dealkylation sites (N-methyl/N-ethyl adjacent to an activating group) is 1. The third kappa shape index (κ3) is 6.46. The second-order valence-electron chi connectivity index (χ2n) is 10.1. The van der Waals surface area contributed by atoms with Crippen molar-refractivity contribution < 1.29 is 27.5 Å². The Morgan fingerprint density at radius 1 is 1.19 bits per heavy atom. The molecule has 2 aromatic rings. The maximum absolute atomic E-state index is 13.8. The first-order chi connectivity index (χ1) is 17.3. The highest BCUT2D eigenvalue weighted by atomic mass is 35.5. The van der Waals surface area contributed by atoms with E-state index in [1.165, 1.54) is 22.5 Å². The van der Waals surface area contributed by atoms with Crippen LogP contribution in [0.2, 0.25) is 5.02 Å². The van der Waals surface area contributed by atoms with Crippen LogP contribution in [-0.4, -0.2) is 81.7 Å². The van der Waals surface area contributed by atoms with Gasteiger partial charge in [0.05, 0.1) is 23.7 Å². The number of piperazine rings is 1. The second kappa shape index (κ2) is 10.4. The molecule has 0 saturated carbocycles. The van der Waals surface area contributed by atoms with E-state index in [9.17, 15) is 18.0 Å². The van der Waals surface area contributed by atoms with Gasteiger partial charge in [-0.05, 0) is 57.2 Å². The molecule has 0 spiro atoms. The summed E-state index contributed by atoms with van der Waals surface area (Å²) in [6, 6.07) is 10.8. The molecular weight excluding hydrogens is 520 g/mol. The first-order valence-electron chi connectivity index (χ1n) is 11.9. The molecule has 200 valence electrons. The molecule has 2 aromatic carbocycles. The van der Waals surface area contributed by atoms with E-state index < -0.39 is 27.8 Å². The van der Waals surface area contributed by atoms with Gasteiger partial charge in [0.25, 0.3) is 10.0 Å². The van der Waals surface area contributed by atoms with Crippen molar-refractivity contribution >= 4 is 45.0 Å². The predicted molar refractivity (Wildman–Crippen MR) is 141 cm³/mol. The molecule has 2 amide bonds. The Morgan fingerprint density at radius 3 is 2.62 bits per heavy atom. The van der Waals surface area contributed by atoms with Crippen LogP contribution in [0.25, 0.3) is 0 Å². The van der Waals surface area contributed by atoms with Gasteiger partial charge < -0.3 is 14.4 Å². The van der Waals surface area contributed by atoms with Gasteiger partial charge in [-0.25, -0.2) is 13.2 Å². The maximum atomic E-state index is 13.8. The van der Waals surface area contributed by atoms with Crippen molar-refractivity contribution in [2.45, 2.75) is 37.4 Å². The number of fused-ring (bicyclic) bond motifs is 1. The van der Waals surface area contributed by atoms with E-state index in [2.05, 4.69) is 5.32 Å². The molecule has 2 heterocycles. The number of nitrogens with one attached hydrogen (secondary N) is 1. The number of amides is 2. The number of benzene rings is 2. The van der Waals surface area contributed by atoms with Crippen molar-refractivity contribution in [3.05, 3.63) is 47.5 Å². The van der Waals surface area contributed by atoms with Crippen LogP contribution in [-0.2, 0) is 19.6 Å². The van der Waals surface area contributed by atoms with Gasteiger partial charge in [0.15, 0.2) is 0 Å². The van der Waals surface area contributed by atoms with Crippen LogP contribution in [0, 0.1) is 0 Å². The Bertz CT molecular complexity index is 1300. The lowest BCUT2D eigenvalue weighted by molar-refractivity contribution is -0.134. The molecule has 2 aliphatic rings. The summed E-state index contributed by atoms with van der Waals surface area (Å²) in [5, 5.41) is 2.94. The van der Waals surface area contributed by atoms with Gasteiger partial charge in [-0.15, -0.1) is 0 Å². The zero-order valence-corrected chi connectivity index (χ0v) is 22.8. The maximum Gasteiger partial charge on any atom is 0.412 e. The summed E-state index contributed by atoms with van der Waals surface area (Å²) >= 11 is 6.10. The third-order valence-electron chi connectivity index (χ3n) is 5.92. The lowest BCUT2D eigenvalue weighted by Crippen LogP contribution is -2.54. The molecule has 1 fully saturated rings. The smallest absolute Gasteiger partial charge is 0.412 e. The summed E-state index contributed by atoms with van der Waals surface area (Å²) < 4.78 is 40.3. The molecule has 1 saturated heterocycles. The highest BCUT2D eigenvalue weighted by Crippen LogP contribution is 2.39. The van der Waals surface area contributed by atoms with Crippen molar-refractivity contribution in [3.63, 3.8) is 0 Å². The zero-order chi connectivity index (χ0) is 27.0. The Hall–Kier alpha value is -3.02. The largest absolute Gasteiger partial charge is 0.485 e. The summed E-state index contributed by atoms with van der Waals surface area (Å²) in [6.45, 7) is 7.13. The van der Waals surface area contributed by atoms with Crippen LogP contribution >= 0.6 is 11.6 Å². The number of ether oxygens (including phenoxy) is 2. The SMILES string of the molecule is CN1CCN(CC2CN(S(=O)(=O)c3cccc(Cl)c3)c3cc(NC(=O)OC(C)(C)C)ccc3O2)CC1=O. The van der Waals surface area contributed by atoms with Crippen LogP contribution in [0.15, 0.2) is 47.4 Å². The van der Waals surface area contributed by atoms with E-state index >= 15 is 0 Å². The van der Waals surface area contributed by atoms with Crippen LogP contribution in [0.5, 0.6) is 5.75 Å². The quantitative estimate of drug-likeness (QED) is 0.607. The number of hydrogen-bond donors (Lipinski definition) is 1. The van der Waals surface area contributed by atoms with Gasteiger partial charge in [-0.2, -0.15) is 0 Å². The Kier molecular flexibility index (Phi) is 7.59. The third-order valence-corrected chi connectivity index (χ3v) is 7.93. The minimum atomic E-state index is -4.03. The Morgan fingerprint density at radius 2 is 1.95 bits per heavy atom. The Balaban J connectivity index is 1.65. The van der Waals surface area contributed by atoms with E-state index in [0.29, 0.717) is 36.1 Å². The lowest BCUT2D eigenvalue weighted by atomic mass is 10.2. The topological polar surface area (TPSA) is 108 Å². The average molecular weight is 551 g/mol. The van der Waals surface area contributed by atoms with Crippen LogP contribution in [0.3, 0.4) is 0 Å². The number of nitrogens with zero attached hydrogens (tertiary/aromatic N) is 3. The number of sulfonamides is 1. The highest BCUT2D eigenvalue weighted by Gasteiger charge is 2.36. The van der Waals surface area contributed by atoms with Gasteiger partial charge in [0, 0.05) is 37.4 Å². The van der Waals surface area contributed by atoms with Crippen LogP contribution in [0.4, 0.5) is 16.2 Å². The van der Waals surface area contributed by atoms with E-state index in [-0.39, 0.29) is 29.6 Å². The van der Waals surface area contributed by atoms with Gasteiger partial charge in [-0.1, -0.05) is 17.7 Å². The molecule has 0 aromatic heterocycles. The first kappa shape index (κ1) is 27.0. The summed E-state index contributed by atoms with van der Waals surface area (Å²) in [6.07, 6.45) is -1.19. The van der Waals surface area contributed by atoms with Gasteiger partial charge in [-0.3, -0.25) is 19.3 Å². The number of carbonyl (C=O) groups is 2. The molecule has 10 nitrogen and oxygen atoms in total. The van der Waals surface area contributed by atoms with Crippen LogP contribution in [0.1, 0.15) is 20.8 Å². The minimum Gasteiger partial charge on any atom is -0.485 e. The van der Waals surface area contributed by atoms with E-state index in [0.717, 1.165) is 0 Å². The van der Waals surface area contributed by atoms with Gasteiger partial charge in [0.1, 0.15) is 17.5 Å². The normalized spacial score (nSPS) is 18.7. The summed E-state index contributed by atoms with van der Waals surface area (Å²) in [4.78, 5) is 28.1. The molecule has 0 radical (unpaired) electrons. The second-order valence-corrected chi connectivity index (χ2v) is 12.4. The summed E-state index contributed by atoms with van der Waals surface area (Å²) in [5.41, 5.74) is -0.0634. The average Bonchev–Trinajstić information content (AvgIpc) is 2.80. The monoisotopic (exact) mass is 550 g/mol. The standard InChI is InChI=1S/C25H31ClN4O6S/c1-25(2,3)36-24(32)27-18-8-9-22-21(13-18)30(37(33,34)20-7-5-6-17(26)12-20)15-19(35-22)14-29-11-10-28(4)23(31)16-29/h5-9,12-13,19H,10-11,14-16H2,1-4H3,(H,27,32). The van der Waals surface area contributed by atoms with Gasteiger partial charge >= 0.3 is 6.09 Å². The fraction of sp³-hybridized carbons (Fsp3) is 0.440. The van der Waals surface area contributed by atoms with Crippen LogP contribution < -0.4 is 14.4 Å². The van der Waals surface area contributed by atoms with Crippen molar-refractivity contribution in [2.24, 2.45) is 0 Å². The molecule has 0 bridgehead atoms. The number of halogens is 1. The first-order valence-corrected chi connectivity index (χ1v) is 13.7. The fourth-order valence-electron chi connectivity index (χ4n) is 4.14. The van der Waals surface area contributed by atoms with Crippen molar-refractivity contribution in [1.29, 1.82) is 0 Å². The predicted octanol–water partition coefficient (Wildman–Crippen LogP) is 3.42. The lowest BCUT2D eigenvalue weighted by Gasteiger charge is -2.39. The fourth-order valence-corrected chi connectivity index (χ4v) is 5.94. The molecule has 2 aliphatic heterocycles. The molecule has 37 heavy (non-hydrogen) atoms. The van der Waals surface area contributed by atoms with Crippen molar-refractivity contribution in [1.82, 2.24) is 9.80 Å². The molecule has 0 aliphatic carbocycles. The molecule has 1 unspecified atom stereocenters. The van der Waals surface area contributed by atoms with E-state index in [1.54, 1.807) is 57.0 Å². The summed E-state index contributed by atoms with van der Waals surface area (Å²) in [7, 11) is -2.27. The van der Waals surface area contributed by atoms with Gasteiger partial charge in [0.2, 0.25) is 5.91 Å². The molecule has 4 rings (SSSR count). The van der Waals surface area contributed by atoms with Crippen molar-refractivity contribution in [3.8, 4) is 5.75 Å². The number of rotatable bonds is 5. The van der Waals surface area contributed by atoms with Crippen molar-refractivity contribution in [2.75, 3.05) is 49.4 Å².